The number of aromatic nitrogens is 1. The fourth-order valence-corrected chi connectivity index (χ4v) is 1.91. The molecule has 1 aromatic heterocycles. The van der Waals surface area contributed by atoms with Crippen LogP contribution in [0.2, 0.25) is 0 Å². The second kappa shape index (κ2) is 6.19. The summed E-state index contributed by atoms with van der Waals surface area (Å²) in [4.78, 5) is 17.5. The lowest BCUT2D eigenvalue weighted by molar-refractivity contribution is 0.0822. The van der Waals surface area contributed by atoms with Gasteiger partial charge in [-0.15, -0.1) is 0 Å². The molecule has 0 aliphatic rings. The van der Waals surface area contributed by atoms with Gasteiger partial charge in [0.25, 0.3) is 5.91 Å². The Balaban J connectivity index is 2.07. The highest BCUT2D eigenvalue weighted by Gasteiger charge is 2.09. The maximum absolute atomic E-state index is 11.9. The second-order valence-electron chi connectivity index (χ2n) is 4.97. The van der Waals surface area contributed by atoms with E-state index >= 15 is 0 Å². The van der Waals surface area contributed by atoms with Gasteiger partial charge < -0.3 is 10.2 Å². The Morgan fingerprint density at radius 2 is 2.05 bits per heavy atom. The number of benzene rings is 1. The SMILES string of the molecule is Cc1cccc(CNc2ccnc(C(=O)N(C)C)c2)c1. The zero-order chi connectivity index (χ0) is 14.5. The lowest BCUT2D eigenvalue weighted by Crippen LogP contribution is -2.22. The van der Waals surface area contributed by atoms with Crippen LogP contribution in [0.3, 0.4) is 0 Å². The molecule has 0 radical (unpaired) electrons. The van der Waals surface area contributed by atoms with Crippen molar-refractivity contribution in [3.05, 3.63) is 59.4 Å². The first-order valence-corrected chi connectivity index (χ1v) is 6.53. The van der Waals surface area contributed by atoms with Gasteiger partial charge in [-0.05, 0) is 24.6 Å². The quantitative estimate of drug-likeness (QED) is 0.928. The van der Waals surface area contributed by atoms with E-state index in [4.69, 9.17) is 0 Å². The number of anilines is 1. The molecule has 0 spiro atoms. The first-order chi connectivity index (χ1) is 9.56. The maximum Gasteiger partial charge on any atom is 0.272 e. The number of hydrogen-bond donors (Lipinski definition) is 1. The van der Waals surface area contributed by atoms with Crippen molar-refractivity contribution in [1.29, 1.82) is 0 Å². The van der Waals surface area contributed by atoms with Crippen LogP contribution in [-0.2, 0) is 6.54 Å². The molecule has 20 heavy (non-hydrogen) atoms. The van der Waals surface area contributed by atoms with Crippen molar-refractivity contribution in [2.75, 3.05) is 19.4 Å². The Morgan fingerprint density at radius 3 is 2.75 bits per heavy atom. The number of nitrogens with zero attached hydrogens (tertiary/aromatic N) is 2. The molecule has 0 bridgehead atoms. The summed E-state index contributed by atoms with van der Waals surface area (Å²) in [5.41, 5.74) is 3.79. The molecule has 0 aliphatic heterocycles. The lowest BCUT2D eigenvalue weighted by Gasteiger charge is -2.11. The Morgan fingerprint density at radius 1 is 1.25 bits per heavy atom. The van der Waals surface area contributed by atoms with Gasteiger partial charge in [0, 0.05) is 32.5 Å². The first-order valence-electron chi connectivity index (χ1n) is 6.53. The molecular formula is C16H19N3O. The predicted molar refractivity (Wildman–Crippen MR) is 80.8 cm³/mol. The summed E-state index contributed by atoms with van der Waals surface area (Å²) in [7, 11) is 3.44. The molecule has 0 saturated heterocycles. The summed E-state index contributed by atoms with van der Waals surface area (Å²) in [6.07, 6.45) is 1.65. The van der Waals surface area contributed by atoms with Gasteiger partial charge in [0.1, 0.15) is 5.69 Å². The maximum atomic E-state index is 11.9. The van der Waals surface area contributed by atoms with Crippen LogP contribution >= 0.6 is 0 Å². The number of pyridine rings is 1. The van der Waals surface area contributed by atoms with Gasteiger partial charge in [-0.25, -0.2) is 0 Å². The lowest BCUT2D eigenvalue weighted by atomic mass is 10.1. The average molecular weight is 269 g/mol. The van der Waals surface area contributed by atoms with Gasteiger partial charge in [0.15, 0.2) is 0 Å². The third-order valence-corrected chi connectivity index (χ3v) is 2.96. The number of rotatable bonds is 4. The molecule has 1 amide bonds. The Hall–Kier alpha value is -2.36. The minimum absolute atomic E-state index is 0.0933. The molecule has 1 heterocycles. The van der Waals surface area contributed by atoms with Gasteiger partial charge >= 0.3 is 0 Å². The van der Waals surface area contributed by atoms with E-state index in [9.17, 15) is 4.79 Å². The molecule has 0 aliphatic carbocycles. The van der Waals surface area contributed by atoms with Crippen LogP contribution in [0.15, 0.2) is 42.6 Å². The van der Waals surface area contributed by atoms with Crippen molar-refractivity contribution in [3.8, 4) is 0 Å². The van der Waals surface area contributed by atoms with E-state index in [0.717, 1.165) is 12.2 Å². The predicted octanol–water partition coefficient (Wildman–Crippen LogP) is 2.70. The number of carbonyl (C=O) groups excluding carboxylic acids is 1. The van der Waals surface area contributed by atoms with Gasteiger partial charge in [-0.2, -0.15) is 0 Å². The van der Waals surface area contributed by atoms with Crippen LogP contribution in [0.5, 0.6) is 0 Å². The van der Waals surface area contributed by atoms with Crippen LogP contribution in [0, 0.1) is 6.92 Å². The molecule has 0 unspecified atom stereocenters. The summed E-state index contributed by atoms with van der Waals surface area (Å²) in [6.45, 7) is 2.80. The average Bonchev–Trinajstić information content (AvgIpc) is 2.44. The molecule has 4 heteroatoms. The van der Waals surface area contributed by atoms with Crippen LogP contribution in [-0.4, -0.2) is 29.9 Å². The fourth-order valence-electron chi connectivity index (χ4n) is 1.91. The Bertz CT molecular complexity index is 608. The highest BCUT2D eigenvalue weighted by atomic mass is 16.2. The standard InChI is InChI=1S/C16H19N3O/c1-12-5-4-6-13(9-12)11-18-14-7-8-17-15(10-14)16(20)19(2)3/h4-10H,11H2,1-3H3,(H,17,18). The monoisotopic (exact) mass is 269 g/mol. The normalized spacial score (nSPS) is 10.2. The third kappa shape index (κ3) is 3.57. The summed E-state index contributed by atoms with van der Waals surface area (Å²) >= 11 is 0. The molecule has 2 aromatic rings. The number of aryl methyl sites for hydroxylation is 1. The first kappa shape index (κ1) is 14.1. The zero-order valence-electron chi connectivity index (χ0n) is 12.1. The van der Waals surface area contributed by atoms with Crippen LogP contribution < -0.4 is 5.32 Å². The summed E-state index contributed by atoms with van der Waals surface area (Å²) in [5, 5.41) is 3.31. The highest BCUT2D eigenvalue weighted by molar-refractivity contribution is 5.92. The molecule has 104 valence electrons. The Labute approximate surface area is 119 Å². The van der Waals surface area contributed by atoms with Crippen LogP contribution in [0.1, 0.15) is 21.6 Å². The van der Waals surface area contributed by atoms with Crippen molar-refractivity contribution in [1.82, 2.24) is 9.88 Å². The van der Waals surface area contributed by atoms with E-state index in [1.165, 1.54) is 16.0 Å². The highest BCUT2D eigenvalue weighted by Crippen LogP contribution is 2.12. The van der Waals surface area contributed by atoms with Crippen molar-refractivity contribution in [2.24, 2.45) is 0 Å². The molecular weight excluding hydrogens is 250 g/mol. The van der Waals surface area contributed by atoms with E-state index in [-0.39, 0.29) is 5.91 Å². The number of nitrogens with one attached hydrogen (secondary N) is 1. The number of hydrogen-bond acceptors (Lipinski definition) is 3. The molecule has 4 nitrogen and oxygen atoms in total. The molecule has 2 rings (SSSR count). The smallest absolute Gasteiger partial charge is 0.272 e. The number of carbonyl (C=O) groups is 1. The minimum atomic E-state index is -0.0933. The van der Waals surface area contributed by atoms with E-state index < -0.39 is 0 Å². The summed E-state index contributed by atoms with van der Waals surface area (Å²) < 4.78 is 0. The minimum Gasteiger partial charge on any atom is -0.381 e. The van der Waals surface area contributed by atoms with Gasteiger partial charge in [0.05, 0.1) is 0 Å². The van der Waals surface area contributed by atoms with Crippen molar-refractivity contribution >= 4 is 11.6 Å². The van der Waals surface area contributed by atoms with Crippen molar-refractivity contribution in [3.63, 3.8) is 0 Å². The van der Waals surface area contributed by atoms with Gasteiger partial charge in [-0.3, -0.25) is 9.78 Å². The van der Waals surface area contributed by atoms with E-state index in [1.54, 1.807) is 26.4 Å². The molecule has 1 N–H and O–H groups in total. The van der Waals surface area contributed by atoms with E-state index in [2.05, 4.69) is 35.4 Å². The Kier molecular flexibility index (Phi) is 4.35. The van der Waals surface area contributed by atoms with Crippen LogP contribution in [0.25, 0.3) is 0 Å². The summed E-state index contributed by atoms with van der Waals surface area (Å²) in [5.74, 6) is -0.0933. The third-order valence-electron chi connectivity index (χ3n) is 2.96. The van der Waals surface area contributed by atoms with Crippen molar-refractivity contribution < 1.29 is 4.79 Å². The fraction of sp³-hybridized carbons (Fsp3) is 0.250. The largest absolute Gasteiger partial charge is 0.381 e. The number of amides is 1. The summed E-state index contributed by atoms with van der Waals surface area (Å²) in [6, 6.07) is 12.0. The van der Waals surface area contributed by atoms with Crippen LogP contribution in [0.4, 0.5) is 5.69 Å². The second-order valence-corrected chi connectivity index (χ2v) is 4.97. The van der Waals surface area contributed by atoms with E-state index in [0.29, 0.717) is 5.69 Å². The van der Waals surface area contributed by atoms with Gasteiger partial charge in [0.2, 0.25) is 0 Å². The van der Waals surface area contributed by atoms with Gasteiger partial charge in [-0.1, -0.05) is 29.8 Å². The topological polar surface area (TPSA) is 45.2 Å². The molecule has 1 aromatic carbocycles. The molecule has 0 atom stereocenters. The zero-order valence-corrected chi connectivity index (χ0v) is 12.1. The van der Waals surface area contributed by atoms with E-state index in [1.807, 2.05) is 12.1 Å². The van der Waals surface area contributed by atoms with Crippen molar-refractivity contribution in [2.45, 2.75) is 13.5 Å². The molecule has 0 fully saturated rings. The molecule has 0 saturated carbocycles.